The van der Waals surface area contributed by atoms with Crippen molar-refractivity contribution in [3.8, 4) is 5.75 Å². The van der Waals surface area contributed by atoms with Gasteiger partial charge in [0, 0.05) is 10.4 Å². The molecule has 104 valence electrons. The fourth-order valence-electron chi connectivity index (χ4n) is 2.40. The summed E-state index contributed by atoms with van der Waals surface area (Å²) in [5.74, 6) is 0.497. The normalized spacial score (nSPS) is 20.7. The Bertz CT molecular complexity index is 437. The van der Waals surface area contributed by atoms with E-state index in [1.807, 2.05) is 26.0 Å². The third kappa shape index (κ3) is 3.60. The summed E-state index contributed by atoms with van der Waals surface area (Å²) in [5.41, 5.74) is 9.01. The molecule has 19 heavy (non-hydrogen) atoms. The van der Waals surface area contributed by atoms with Gasteiger partial charge >= 0.3 is 0 Å². The molecule has 2 nitrogen and oxygen atoms in total. The highest BCUT2D eigenvalue weighted by Crippen LogP contribution is 2.39. The van der Waals surface area contributed by atoms with Gasteiger partial charge in [0.2, 0.25) is 0 Å². The van der Waals surface area contributed by atoms with Crippen LogP contribution in [0.25, 0.3) is 0 Å². The molecule has 1 aliphatic carbocycles. The predicted molar refractivity (Wildman–Crippen MR) is 77.5 cm³/mol. The van der Waals surface area contributed by atoms with Gasteiger partial charge in [-0.1, -0.05) is 32.6 Å². The van der Waals surface area contributed by atoms with E-state index in [-0.39, 0.29) is 11.7 Å². The molecule has 3 heteroatoms. The van der Waals surface area contributed by atoms with Crippen LogP contribution in [0.4, 0.5) is 4.53 Å². The lowest BCUT2D eigenvalue weighted by Crippen LogP contribution is -2.12. The van der Waals surface area contributed by atoms with Crippen LogP contribution < -0.4 is 10.7 Å². The summed E-state index contributed by atoms with van der Waals surface area (Å²) in [7, 11) is 0. The lowest BCUT2D eigenvalue weighted by Gasteiger charge is -2.27. The van der Waals surface area contributed by atoms with Crippen molar-refractivity contribution in [2.24, 2.45) is 5.73 Å². The van der Waals surface area contributed by atoms with Gasteiger partial charge in [0.15, 0.2) is 5.75 Å². The van der Waals surface area contributed by atoms with Gasteiger partial charge in [-0.3, -0.25) is 4.94 Å². The van der Waals surface area contributed by atoms with Crippen molar-refractivity contribution in [3.63, 3.8) is 0 Å². The molecule has 0 radical (unpaired) electrons. The van der Waals surface area contributed by atoms with Crippen molar-refractivity contribution in [1.29, 1.82) is 0 Å². The maximum atomic E-state index is 12.0. The van der Waals surface area contributed by atoms with Gasteiger partial charge in [-0.05, 0) is 54.3 Å². The van der Waals surface area contributed by atoms with Crippen molar-refractivity contribution < 1.29 is 9.47 Å². The fraction of sp³-hybridized carbons (Fsp3) is 0.375. The van der Waals surface area contributed by atoms with Gasteiger partial charge in [0.25, 0.3) is 0 Å². The number of hydrogen-bond acceptors (Lipinski definition) is 2. The molecule has 0 amide bonds. The molecule has 1 aromatic carbocycles. The van der Waals surface area contributed by atoms with E-state index >= 15 is 0 Å². The van der Waals surface area contributed by atoms with E-state index in [0.29, 0.717) is 0 Å². The maximum absolute atomic E-state index is 12.0. The van der Waals surface area contributed by atoms with Crippen LogP contribution in [-0.2, 0) is 0 Å². The Kier molecular flexibility index (Phi) is 6.13. The second-order valence-electron chi connectivity index (χ2n) is 4.32. The van der Waals surface area contributed by atoms with E-state index in [0.717, 1.165) is 36.0 Å². The number of allylic oxidation sites excluding steroid dienone is 2. The minimum Gasteiger partial charge on any atom is -0.404 e. The summed E-state index contributed by atoms with van der Waals surface area (Å²) < 4.78 is 12.0. The second kappa shape index (κ2) is 7.62. The Balaban J connectivity index is 0.000000861. The molecule has 2 N–H and O–H groups in total. The van der Waals surface area contributed by atoms with Gasteiger partial charge < -0.3 is 5.73 Å². The van der Waals surface area contributed by atoms with Crippen LogP contribution in [0.2, 0.25) is 0 Å². The first-order chi connectivity index (χ1) is 9.26. The summed E-state index contributed by atoms with van der Waals surface area (Å²) in [4.78, 5) is 3.67. The monoisotopic (exact) mass is 263 g/mol. The van der Waals surface area contributed by atoms with E-state index in [1.54, 1.807) is 18.3 Å². The lowest BCUT2D eigenvalue weighted by molar-refractivity contribution is -0.00622. The van der Waals surface area contributed by atoms with Crippen LogP contribution in [0, 0.1) is 0 Å². The standard InChI is InChI=1S/C14H16FNO.C2H6/c1-10-3-2-4-13(14(10)9-16)11-5-7-12(17-15)8-6-11;1-2/h5-9,13H,1-4,16H2;1-2H3/b14-9+;. The summed E-state index contributed by atoms with van der Waals surface area (Å²) in [6.45, 7) is 8.04. The molecule has 1 atom stereocenters. The van der Waals surface area contributed by atoms with E-state index in [1.165, 1.54) is 0 Å². The number of rotatable bonds is 2. The molecule has 1 aliphatic rings. The zero-order valence-corrected chi connectivity index (χ0v) is 11.7. The summed E-state index contributed by atoms with van der Waals surface area (Å²) in [6.07, 6.45) is 4.82. The number of nitrogens with two attached hydrogens (primary N) is 1. The molecule has 1 saturated carbocycles. The van der Waals surface area contributed by atoms with Gasteiger partial charge in [0.1, 0.15) is 0 Å². The topological polar surface area (TPSA) is 35.2 Å². The van der Waals surface area contributed by atoms with E-state index in [4.69, 9.17) is 5.73 Å². The quantitative estimate of drug-likeness (QED) is 0.843. The van der Waals surface area contributed by atoms with Gasteiger partial charge in [0.05, 0.1) is 0 Å². The Morgan fingerprint density at radius 2 is 1.95 bits per heavy atom. The highest BCUT2D eigenvalue weighted by Gasteiger charge is 2.22. The van der Waals surface area contributed by atoms with Crippen LogP contribution in [0.3, 0.4) is 0 Å². The van der Waals surface area contributed by atoms with Crippen molar-refractivity contribution >= 4 is 0 Å². The van der Waals surface area contributed by atoms with E-state index in [2.05, 4.69) is 11.5 Å². The van der Waals surface area contributed by atoms with Crippen molar-refractivity contribution in [3.05, 3.63) is 53.8 Å². The largest absolute Gasteiger partial charge is 0.404 e. The fourth-order valence-corrected chi connectivity index (χ4v) is 2.40. The zero-order valence-electron chi connectivity index (χ0n) is 11.7. The Labute approximate surface area is 114 Å². The Morgan fingerprint density at radius 1 is 1.32 bits per heavy atom. The summed E-state index contributed by atoms with van der Waals surface area (Å²) >= 11 is 0. The number of hydrogen-bond donors (Lipinski definition) is 1. The molecule has 1 aromatic rings. The highest BCUT2D eigenvalue weighted by molar-refractivity contribution is 5.42. The van der Waals surface area contributed by atoms with Gasteiger partial charge in [-0.15, -0.1) is 0 Å². The third-order valence-electron chi connectivity index (χ3n) is 3.31. The van der Waals surface area contributed by atoms with E-state index < -0.39 is 0 Å². The molecule has 0 aromatic heterocycles. The van der Waals surface area contributed by atoms with Gasteiger partial charge in [-0.25, -0.2) is 0 Å². The Morgan fingerprint density at radius 3 is 2.47 bits per heavy atom. The van der Waals surface area contributed by atoms with Crippen molar-refractivity contribution in [2.75, 3.05) is 0 Å². The molecule has 0 spiro atoms. The first-order valence-corrected chi connectivity index (χ1v) is 6.74. The molecule has 0 saturated heterocycles. The molecule has 1 unspecified atom stereocenters. The second-order valence-corrected chi connectivity index (χ2v) is 4.32. The third-order valence-corrected chi connectivity index (χ3v) is 3.31. The molecule has 2 rings (SSSR count). The highest BCUT2D eigenvalue weighted by atomic mass is 19.3. The molecule has 0 heterocycles. The molecular weight excluding hydrogens is 241 g/mol. The predicted octanol–water partition coefficient (Wildman–Crippen LogP) is 4.64. The molecule has 1 fully saturated rings. The summed E-state index contributed by atoms with van der Waals surface area (Å²) in [6, 6.07) is 7.00. The molecular formula is C16H22FNO. The van der Waals surface area contributed by atoms with Crippen LogP contribution in [0.5, 0.6) is 5.75 Å². The van der Waals surface area contributed by atoms with E-state index in [9.17, 15) is 4.53 Å². The summed E-state index contributed by atoms with van der Waals surface area (Å²) in [5, 5.41) is 0. The van der Waals surface area contributed by atoms with Gasteiger partial charge in [-0.2, -0.15) is 0 Å². The van der Waals surface area contributed by atoms with Crippen LogP contribution >= 0.6 is 0 Å². The average molecular weight is 263 g/mol. The average Bonchev–Trinajstić information content (AvgIpc) is 2.49. The van der Waals surface area contributed by atoms with Crippen LogP contribution in [0.1, 0.15) is 44.6 Å². The first kappa shape index (κ1) is 15.3. The minimum atomic E-state index is 0.224. The SMILES string of the molecule is C=C1CCCC(c2ccc(OF)cc2)/C1=C/N.CC. The first-order valence-electron chi connectivity index (χ1n) is 6.74. The molecule has 0 aliphatic heterocycles. The number of halogens is 1. The van der Waals surface area contributed by atoms with Crippen molar-refractivity contribution in [1.82, 2.24) is 0 Å². The molecule has 0 bridgehead atoms. The minimum absolute atomic E-state index is 0.224. The van der Waals surface area contributed by atoms with Crippen molar-refractivity contribution in [2.45, 2.75) is 39.0 Å². The zero-order chi connectivity index (χ0) is 14.3. The number of benzene rings is 1. The lowest BCUT2D eigenvalue weighted by atomic mass is 9.78. The van der Waals surface area contributed by atoms with Crippen LogP contribution in [0.15, 0.2) is 48.2 Å². The Hall–Kier alpha value is -1.77. The maximum Gasteiger partial charge on any atom is 0.171 e. The smallest absolute Gasteiger partial charge is 0.171 e. The van der Waals surface area contributed by atoms with Crippen LogP contribution in [-0.4, -0.2) is 0 Å².